The molecule has 1 N–H and O–H groups in total. The van der Waals surface area contributed by atoms with Gasteiger partial charge >= 0.3 is 5.97 Å². The van der Waals surface area contributed by atoms with Crippen molar-refractivity contribution in [1.29, 1.82) is 0 Å². The Labute approximate surface area is 141 Å². The molecule has 2 aliphatic rings. The Morgan fingerprint density at radius 1 is 0.917 bits per heavy atom. The van der Waals surface area contributed by atoms with E-state index in [2.05, 4.69) is 4.90 Å². The van der Waals surface area contributed by atoms with Crippen molar-refractivity contribution in [3.05, 3.63) is 27.8 Å². The van der Waals surface area contributed by atoms with Gasteiger partial charge < -0.3 is 14.9 Å². The normalized spacial score (nSPS) is 18.5. The average Bonchev–Trinajstić information content (AvgIpc) is 2.62. The van der Waals surface area contributed by atoms with Crippen LogP contribution in [0.5, 0.6) is 0 Å². The van der Waals surface area contributed by atoms with Crippen molar-refractivity contribution in [2.75, 3.05) is 36.0 Å². The number of carboxylic acids is 1. The van der Waals surface area contributed by atoms with Gasteiger partial charge in [-0.3, -0.25) is 10.1 Å². The fourth-order valence-corrected chi connectivity index (χ4v) is 3.67. The van der Waals surface area contributed by atoms with Crippen molar-refractivity contribution in [2.45, 2.75) is 38.5 Å². The lowest BCUT2D eigenvalue weighted by molar-refractivity contribution is -0.384. The van der Waals surface area contributed by atoms with Crippen LogP contribution >= 0.6 is 0 Å². The highest BCUT2D eigenvalue weighted by Gasteiger charge is 2.28. The lowest BCUT2D eigenvalue weighted by atomic mass is 10.0. The van der Waals surface area contributed by atoms with E-state index in [1.807, 2.05) is 4.90 Å². The zero-order valence-electron chi connectivity index (χ0n) is 13.7. The fraction of sp³-hybridized carbons (Fsp3) is 0.588. The second-order valence-electron chi connectivity index (χ2n) is 6.52. The van der Waals surface area contributed by atoms with Gasteiger partial charge in [0.25, 0.3) is 5.69 Å². The van der Waals surface area contributed by atoms with Crippen LogP contribution in [0.25, 0.3) is 0 Å². The first-order valence-corrected chi connectivity index (χ1v) is 8.63. The first-order valence-electron chi connectivity index (χ1n) is 8.63. The monoisotopic (exact) mass is 333 g/mol. The van der Waals surface area contributed by atoms with Crippen LogP contribution in [0.1, 0.15) is 48.9 Å². The number of hydrogen-bond donors (Lipinski definition) is 1. The number of piperidine rings is 2. The summed E-state index contributed by atoms with van der Waals surface area (Å²) in [6, 6.07) is 2.98. The second kappa shape index (κ2) is 7.07. The number of nitro groups is 1. The number of aromatic carboxylic acids is 1. The van der Waals surface area contributed by atoms with Crippen LogP contribution < -0.4 is 9.80 Å². The largest absolute Gasteiger partial charge is 0.478 e. The Morgan fingerprint density at radius 2 is 1.42 bits per heavy atom. The summed E-state index contributed by atoms with van der Waals surface area (Å²) in [5.41, 5.74) is 1.11. The van der Waals surface area contributed by atoms with Crippen molar-refractivity contribution < 1.29 is 14.8 Å². The summed E-state index contributed by atoms with van der Waals surface area (Å²) in [5, 5.41) is 21.0. The van der Waals surface area contributed by atoms with Crippen molar-refractivity contribution >= 4 is 23.0 Å². The number of benzene rings is 1. The van der Waals surface area contributed by atoms with E-state index in [4.69, 9.17) is 0 Å². The molecule has 7 heteroatoms. The number of carbonyl (C=O) groups is 1. The lowest BCUT2D eigenvalue weighted by Gasteiger charge is -2.33. The SMILES string of the molecule is O=C(O)c1cc([N+](=O)[O-])c(N2CCCCC2)cc1N1CCCCC1. The topological polar surface area (TPSA) is 86.9 Å². The summed E-state index contributed by atoms with van der Waals surface area (Å²) < 4.78 is 0. The summed E-state index contributed by atoms with van der Waals surface area (Å²) >= 11 is 0. The van der Waals surface area contributed by atoms with E-state index in [0.29, 0.717) is 11.4 Å². The quantitative estimate of drug-likeness (QED) is 0.672. The molecule has 2 heterocycles. The van der Waals surface area contributed by atoms with E-state index in [1.165, 1.54) is 6.07 Å². The predicted molar refractivity (Wildman–Crippen MR) is 92.2 cm³/mol. The first-order chi connectivity index (χ1) is 11.6. The molecule has 0 radical (unpaired) electrons. The highest BCUT2D eigenvalue weighted by atomic mass is 16.6. The van der Waals surface area contributed by atoms with Gasteiger partial charge in [0, 0.05) is 32.2 Å². The van der Waals surface area contributed by atoms with Crippen molar-refractivity contribution in [3.8, 4) is 0 Å². The summed E-state index contributed by atoms with van der Waals surface area (Å²) in [5.74, 6) is -1.11. The van der Waals surface area contributed by atoms with Gasteiger partial charge in [0.15, 0.2) is 0 Å². The van der Waals surface area contributed by atoms with E-state index in [-0.39, 0.29) is 11.3 Å². The Hall–Kier alpha value is -2.31. The molecule has 1 aromatic rings. The highest BCUT2D eigenvalue weighted by molar-refractivity contribution is 5.97. The molecule has 0 amide bonds. The number of nitro benzene ring substituents is 1. The molecule has 2 fully saturated rings. The maximum Gasteiger partial charge on any atom is 0.338 e. The third-order valence-corrected chi connectivity index (χ3v) is 4.91. The Morgan fingerprint density at radius 3 is 1.88 bits per heavy atom. The fourth-order valence-electron chi connectivity index (χ4n) is 3.67. The molecule has 2 saturated heterocycles. The van der Waals surface area contributed by atoms with E-state index in [9.17, 15) is 20.0 Å². The van der Waals surface area contributed by atoms with E-state index >= 15 is 0 Å². The molecule has 24 heavy (non-hydrogen) atoms. The lowest BCUT2D eigenvalue weighted by Crippen LogP contribution is -2.33. The molecule has 1 aromatic carbocycles. The maximum absolute atomic E-state index is 11.7. The zero-order chi connectivity index (χ0) is 17.1. The van der Waals surface area contributed by atoms with E-state index < -0.39 is 10.9 Å². The molecule has 130 valence electrons. The second-order valence-corrected chi connectivity index (χ2v) is 6.52. The summed E-state index contributed by atoms with van der Waals surface area (Å²) in [7, 11) is 0. The van der Waals surface area contributed by atoms with Gasteiger partial charge in [-0.25, -0.2) is 4.79 Å². The van der Waals surface area contributed by atoms with Crippen molar-refractivity contribution in [3.63, 3.8) is 0 Å². The van der Waals surface area contributed by atoms with Crippen molar-refractivity contribution in [1.82, 2.24) is 0 Å². The molecular formula is C17H23N3O4. The van der Waals surface area contributed by atoms with Gasteiger partial charge in [-0.2, -0.15) is 0 Å². The molecule has 0 aromatic heterocycles. The van der Waals surface area contributed by atoms with Gasteiger partial charge in [-0.15, -0.1) is 0 Å². The molecular weight excluding hydrogens is 310 g/mol. The Bertz CT molecular complexity index is 584. The van der Waals surface area contributed by atoms with Gasteiger partial charge in [0.1, 0.15) is 5.69 Å². The molecule has 7 nitrogen and oxygen atoms in total. The van der Waals surface area contributed by atoms with Crippen LogP contribution in [0, 0.1) is 10.1 Å². The van der Waals surface area contributed by atoms with Crippen LogP contribution in [-0.2, 0) is 0 Å². The number of carboxylic acid groups (broad SMARTS) is 1. The number of rotatable bonds is 4. The van der Waals surface area contributed by atoms with Crippen LogP contribution in [0.4, 0.5) is 17.1 Å². The van der Waals surface area contributed by atoms with Crippen molar-refractivity contribution in [2.24, 2.45) is 0 Å². The van der Waals surface area contributed by atoms with Crippen LogP contribution in [-0.4, -0.2) is 42.2 Å². The molecule has 2 aliphatic heterocycles. The Kier molecular flexibility index (Phi) is 4.87. The standard InChI is InChI=1S/C17H23N3O4/c21-17(22)13-11-16(20(23)24)15(19-9-5-2-6-10-19)12-14(13)18-7-3-1-4-8-18/h11-12H,1-10H2,(H,21,22). The van der Waals surface area contributed by atoms with E-state index in [0.717, 1.165) is 64.7 Å². The van der Waals surface area contributed by atoms with Crippen LogP contribution in [0.3, 0.4) is 0 Å². The Balaban J connectivity index is 2.08. The van der Waals surface area contributed by atoms with Crippen LogP contribution in [0.2, 0.25) is 0 Å². The summed E-state index contributed by atoms with van der Waals surface area (Å²) in [6.07, 6.45) is 6.35. The molecule has 0 spiro atoms. The summed E-state index contributed by atoms with van der Waals surface area (Å²) in [6.45, 7) is 3.18. The smallest absolute Gasteiger partial charge is 0.338 e. The molecule has 0 bridgehead atoms. The first kappa shape index (κ1) is 16.5. The summed E-state index contributed by atoms with van der Waals surface area (Å²) in [4.78, 5) is 26.8. The minimum Gasteiger partial charge on any atom is -0.478 e. The van der Waals surface area contributed by atoms with Gasteiger partial charge in [0.2, 0.25) is 0 Å². The third-order valence-electron chi connectivity index (χ3n) is 4.91. The van der Waals surface area contributed by atoms with Gasteiger partial charge in [0.05, 0.1) is 16.2 Å². The zero-order valence-corrected chi connectivity index (χ0v) is 13.7. The molecule has 0 saturated carbocycles. The molecule has 0 unspecified atom stereocenters. The van der Waals surface area contributed by atoms with Gasteiger partial charge in [-0.05, 0) is 44.6 Å². The number of hydrogen-bond acceptors (Lipinski definition) is 5. The number of nitrogens with zero attached hydrogens (tertiary/aromatic N) is 3. The minimum atomic E-state index is -1.11. The molecule has 0 aliphatic carbocycles. The third kappa shape index (κ3) is 3.29. The van der Waals surface area contributed by atoms with E-state index in [1.54, 1.807) is 6.07 Å². The minimum absolute atomic E-state index is 0.0318. The molecule has 0 atom stereocenters. The van der Waals surface area contributed by atoms with Crippen LogP contribution in [0.15, 0.2) is 12.1 Å². The predicted octanol–water partition coefficient (Wildman–Crippen LogP) is 3.27. The average molecular weight is 333 g/mol. The van der Waals surface area contributed by atoms with Gasteiger partial charge in [-0.1, -0.05) is 0 Å². The maximum atomic E-state index is 11.7. The number of anilines is 2. The molecule has 3 rings (SSSR count). The highest BCUT2D eigenvalue weighted by Crippen LogP contribution is 2.38.